The summed E-state index contributed by atoms with van der Waals surface area (Å²) in [5.74, 6) is -0.0270. The van der Waals surface area contributed by atoms with Crippen molar-refractivity contribution < 1.29 is 43.6 Å². The Morgan fingerprint density at radius 1 is 1.26 bits per heavy atom. The van der Waals surface area contributed by atoms with Crippen molar-refractivity contribution in [2.24, 2.45) is 5.92 Å². The Bertz CT molecular complexity index is 363. The molecule has 0 N–H and O–H groups in total. The molecule has 0 aliphatic carbocycles. The Balaban J connectivity index is -0.00000144. The van der Waals surface area contributed by atoms with Crippen LogP contribution in [-0.4, -0.2) is 20.8 Å². The fourth-order valence-corrected chi connectivity index (χ4v) is 2.62. The molecule has 0 heterocycles. The molecule has 108 valence electrons. The van der Waals surface area contributed by atoms with E-state index in [1.165, 1.54) is 0 Å². The van der Waals surface area contributed by atoms with Gasteiger partial charge in [-0.25, -0.2) is 0 Å². The van der Waals surface area contributed by atoms with Crippen LogP contribution in [0.5, 0.6) is 0 Å². The van der Waals surface area contributed by atoms with E-state index in [1.807, 2.05) is 13.0 Å². The molecular formula is C14H27NaO3S. The van der Waals surface area contributed by atoms with Crippen LogP contribution >= 0.6 is 0 Å². The third kappa shape index (κ3) is 14.6. The maximum Gasteiger partial charge on any atom is 1.00 e. The van der Waals surface area contributed by atoms with Crippen LogP contribution in [0.25, 0.3) is 0 Å². The van der Waals surface area contributed by atoms with Gasteiger partial charge in [0.15, 0.2) is 0 Å². The normalized spacial score (nSPS) is 12.2. The van der Waals surface area contributed by atoms with Crippen molar-refractivity contribution in [2.75, 3.05) is 12.4 Å². The number of rotatable bonds is 10. The minimum absolute atomic E-state index is 0. The van der Waals surface area contributed by atoms with E-state index in [-0.39, 0.29) is 42.7 Å². The largest absolute Gasteiger partial charge is 1.00 e. The van der Waals surface area contributed by atoms with Crippen molar-refractivity contribution in [2.45, 2.75) is 52.9 Å². The monoisotopic (exact) mass is 298 g/mol. The number of hydrogen-bond donors (Lipinski definition) is 0. The Morgan fingerprint density at radius 2 is 1.95 bits per heavy atom. The van der Waals surface area contributed by atoms with Gasteiger partial charge in [0.05, 0.1) is 12.4 Å². The quantitative estimate of drug-likeness (QED) is 0.259. The summed E-state index contributed by atoms with van der Waals surface area (Å²) in [4.78, 5) is 0. The van der Waals surface area contributed by atoms with Gasteiger partial charge in [0, 0.05) is 0 Å². The summed E-state index contributed by atoms with van der Waals surface area (Å²) in [7, 11) is -3.39. The molecule has 0 amide bonds. The zero-order valence-electron chi connectivity index (χ0n) is 13.8. The first-order chi connectivity index (χ1) is 8.52. The fourth-order valence-electron chi connectivity index (χ4n) is 1.42. The number of unbranched alkanes of at least 4 members (excludes halogenated alkanes) is 3. The molecule has 0 saturated carbocycles. The Kier molecular flexibility index (Phi) is 15.3. The minimum atomic E-state index is -3.39. The topological polar surface area (TPSA) is 43.4 Å². The molecular weight excluding hydrogens is 271 g/mol. The van der Waals surface area contributed by atoms with Gasteiger partial charge in [-0.2, -0.15) is 8.42 Å². The van der Waals surface area contributed by atoms with Gasteiger partial charge in [-0.15, -0.1) is 5.73 Å². The van der Waals surface area contributed by atoms with Gasteiger partial charge < -0.3 is 1.43 Å². The van der Waals surface area contributed by atoms with E-state index in [2.05, 4.69) is 19.6 Å². The zero-order chi connectivity index (χ0) is 13.9. The van der Waals surface area contributed by atoms with Crippen molar-refractivity contribution in [3.05, 3.63) is 17.9 Å². The van der Waals surface area contributed by atoms with E-state index in [9.17, 15) is 8.42 Å². The number of allylic oxidation sites excluding steroid dienone is 1. The van der Waals surface area contributed by atoms with Crippen molar-refractivity contribution >= 4 is 10.1 Å². The van der Waals surface area contributed by atoms with Crippen molar-refractivity contribution in [1.29, 1.82) is 0 Å². The molecule has 0 aromatic carbocycles. The molecule has 0 radical (unpaired) electrons. The molecule has 19 heavy (non-hydrogen) atoms. The Labute approximate surface area is 142 Å². The van der Waals surface area contributed by atoms with Crippen LogP contribution in [0.2, 0.25) is 0 Å². The second kappa shape index (κ2) is 13.4. The summed E-state index contributed by atoms with van der Waals surface area (Å²) in [5.41, 5.74) is 3.02. The first-order valence-corrected chi connectivity index (χ1v) is 8.37. The molecule has 0 aromatic rings. The van der Waals surface area contributed by atoms with Crippen LogP contribution in [0.1, 0.15) is 54.3 Å². The predicted molar refractivity (Wildman–Crippen MR) is 77.1 cm³/mol. The molecule has 0 bridgehead atoms. The van der Waals surface area contributed by atoms with Gasteiger partial charge in [-0.3, -0.25) is 4.18 Å². The number of hydrogen-bond acceptors (Lipinski definition) is 3. The maximum absolute atomic E-state index is 11.6. The first-order valence-electron chi connectivity index (χ1n) is 6.80. The van der Waals surface area contributed by atoms with E-state index in [4.69, 9.17) is 4.18 Å². The molecule has 0 aliphatic rings. The molecule has 0 rings (SSSR count). The van der Waals surface area contributed by atoms with E-state index < -0.39 is 10.1 Å². The molecule has 0 aliphatic heterocycles. The Morgan fingerprint density at radius 3 is 2.53 bits per heavy atom. The van der Waals surface area contributed by atoms with Crippen LogP contribution in [0.3, 0.4) is 0 Å². The molecule has 5 heteroatoms. The van der Waals surface area contributed by atoms with E-state index >= 15 is 0 Å². The summed E-state index contributed by atoms with van der Waals surface area (Å²) in [6.07, 6.45) is 8.65. The van der Waals surface area contributed by atoms with Crippen molar-refractivity contribution in [3.8, 4) is 0 Å². The third-order valence-electron chi connectivity index (χ3n) is 2.41. The van der Waals surface area contributed by atoms with Gasteiger partial charge in [-0.05, 0) is 30.9 Å². The maximum atomic E-state index is 11.6. The first kappa shape index (κ1) is 21.7. The third-order valence-corrected chi connectivity index (χ3v) is 3.87. The predicted octanol–water partition coefficient (Wildman–Crippen LogP) is 0.787. The summed E-state index contributed by atoms with van der Waals surface area (Å²) in [5, 5.41) is 0. The summed E-state index contributed by atoms with van der Waals surface area (Å²) in [6, 6.07) is 0. The second-order valence-electron chi connectivity index (χ2n) is 4.56. The Hall–Kier alpha value is 0.430. The molecule has 3 nitrogen and oxygen atoms in total. The van der Waals surface area contributed by atoms with Gasteiger partial charge in [-0.1, -0.05) is 40.0 Å². The SMILES string of the molecule is CCCC=C=CC(C)CS(=O)(=O)OCCCCC.[H-].[Na+]. The van der Waals surface area contributed by atoms with Crippen molar-refractivity contribution in [3.63, 3.8) is 0 Å². The standard InChI is InChI=1S/C14H26O3S.Na.H/c1-4-6-8-9-11-14(3)13-18(15,16)17-12-10-7-5-2;;/h8,11,14H,4-7,10,12-13H2,1-3H3;;/q;+1;-1. The van der Waals surface area contributed by atoms with Gasteiger partial charge in [0.2, 0.25) is 0 Å². The van der Waals surface area contributed by atoms with Gasteiger partial charge in [0.1, 0.15) is 0 Å². The van der Waals surface area contributed by atoms with Crippen LogP contribution in [0.15, 0.2) is 17.9 Å². The van der Waals surface area contributed by atoms with E-state index in [1.54, 1.807) is 6.08 Å². The van der Waals surface area contributed by atoms with Crippen molar-refractivity contribution in [1.82, 2.24) is 0 Å². The van der Waals surface area contributed by atoms with Gasteiger partial charge >= 0.3 is 29.6 Å². The zero-order valence-corrected chi connectivity index (χ0v) is 15.6. The summed E-state index contributed by atoms with van der Waals surface area (Å²) < 4.78 is 28.2. The van der Waals surface area contributed by atoms with E-state index in [0.717, 1.165) is 32.1 Å². The molecule has 0 spiro atoms. The average Bonchev–Trinajstić information content (AvgIpc) is 2.30. The van der Waals surface area contributed by atoms with Crippen LogP contribution < -0.4 is 29.6 Å². The van der Waals surface area contributed by atoms with Gasteiger partial charge in [0.25, 0.3) is 10.1 Å². The second-order valence-corrected chi connectivity index (χ2v) is 6.24. The molecule has 1 atom stereocenters. The van der Waals surface area contributed by atoms with Crippen LogP contribution in [0, 0.1) is 5.92 Å². The summed E-state index contributed by atoms with van der Waals surface area (Å²) >= 11 is 0. The smallest absolute Gasteiger partial charge is 1.00 e. The average molecular weight is 298 g/mol. The van der Waals surface area contributed by atoms with Crippen LogP contribution in [-0.2, 0) is 14.3 Å². The molecule has 1 unspecified atom stereocenters. The fraction of sp³-hybridized carbons (Fsp3) is 0.786. The molecule has 0 fully saturated rings. The molecule has 0 saturated heterocycles. The van der Waals surface area contributed by atoms with E-state index in [0.29, 0.717) is 6.61 Å². The van der Waals surface area contributed by atoms with Crippen LogP contribution in [0.4, 0.5) is 0 Å². The molecule has 0 aromatic heterocycles. The minimum Gasteiger partial charge on any atom is -1.00 e. The summed E-state index contributed by atoms with van der Waals surface area (Å²) in [6.45, 7) is 6.33.